The standard InChI is InChI=1S/C17H17BrN2O4S/c1-5-16(17-10(2)19-24-11(17)3)25(21,22)20-9-15(23-4)13-8-12(18)6-7-14(13)20/h5-9,16H,1H2,2-4H3. The Balaban J connectivity index is 2.27. The van der Waals surface area contributed by atoms with Gasteiger partial charge in [-0.1, -0.05) is 27.2 Å². The Hall–Kier alpha value is -2.06. The summed E-state index contributed by atoms with van der Waals surface area (Å²) in [7, 11) is -2.34. The Labute approximate surface area is 154 Å². The maximum Gasteiger partial charge on any atom is 0.250 e. The molecule has 0 radical (unpaired) electrons. The largest absolute Gasteiger partial charge is 0.494 e. The van der Waals surface area contributed by atoms with Crippen LogP contribution in [0.25, 0.3) is 10.9 Å². The molecule has 0 amide bonds. The molecule has 1 aromatic carbocycles. The SMILES string of the molecule is C=CC(c1c(C)noc1C)S(=O)(=O)n1cc(OC)c2cc(Br)ccc21. The normalized spacial score (nSPS) is 13.1. The van der Waals surface area contributed by atoms with Crippen LogP contribution < -0.4 is 4.74 Å². The Bertz CT molecular complexity index is 1050. The molecule has 3 aromatic rings. The van der Waals surface area contributed by atoms with E-state index in [9.17, 15) is 8.42 Å². The molecule has 0 aliphatic rings. The number of rotatable bonds is 5. The molecule has 2 heterocycles. The molecule has 0 aliphatic carbocycles. The summed E-state index contributed by atoms with van der Waals surface area (Å²) < 4.78 is 39.2. The van der Waals surface area contributed by atoms with Crippen LogP contribution in [0.15, 0.2) is 46.0 Å². The summed E-state index contributed by atoms with van der Waals surface area (Å²) in [6.45, 7) is 7.11. The summed E-state index contributed by atoms with van der Waals surface area (Å²) in [4.78, 5) is 0. The molecule has 0 N–H and O–H groups in total. The Morgan fingerprint density at radius 1 is 1.40 bits per heavy atom. The highest BCUT2D eigenvalue weighted by atomic mass is 79.9. The quantitative estimate of drug-likeness (QED) is 0.575. The van der Waals surface area contributed by atoms with Crippen molar-refractivity contribution in [2.45, 2.75) is 19.1 Å². The molecule has 132 valence electrons. The lowest BCUT2D eigenvalue weighted by Gasteiger charge is -2.15. The second kappa shape index (κ2) is 6.34. The third kappa shape index (κ3) is 2.79. The van der Waals surface area contributed by atoms with Gasteiger partial charge in [-0.15, -0.1) is 6.58 Å². The van der Waals surface area contributed by atoms with Gasteiger partial charge in [-0.05, 0) is 32.0 Å². The van der Waals surface area contributed by atoms with Crippen molar-refractivity contribution >= 4 is 36.9 Å². The molecule has 1 atom stereocenters. The smallest absolute Gasteiger partial charge is 0.250 e. The number of hydrogen-bond donors (Lipinski definition) is 0. The van der Waals surface area contributed by atoms with Gasteiger partial charge in [0.2, 0.25) is 10.0 Å². The molecular weight excluding hydrogens is 408 g/mol. The van der Waals surface area contributed by atoms with Crippen LogP contribution in [0, 0.1) is 13.8 Å². The molecule has 8 heteroatoms. The van der Waals surface area contributed by atoms with Gasteiger partial charge in [0, 0.05) is 15.4 Å². The minimum Gasteiger partial charge on any atom is -0.494 e. The lowest BCUT2D eigenvalue weighted by atomic mass is 10.1. The van der Waals surface area contributed by atoms with Gasteiger partial charge in [-0.25, -0.2) is 12.4 Å². The highest BCUT2D eigenvalue weighted by Gasteiger charge is 2.33. The average molecular weight is 425 g/mol. The molecule has 0 spiro atoms. The van der Waals surface area contributed by atoms with Gasteiger partial charge in [0.15, 0.2) is 0 Å². The van der Waals surface area contributed by atoms with Gasteiger partial charge in [-0.3, -0.25) is 0 Å². The summed E-state index contributed by atoms with van der Waals surface area (Å²) in [5, 5.41) is 3.57. The molecule has 1 unspecified atom stereocenters. The van der Waals surface area contributed by atoms with Crippen LogP contribution >= 0.6 is 15.9 Å². The molecule has 25 heavy (non-hydrogen) atoms. The zero-order chi connectivity index (χ0) is 18.4. The van der Waals surface area contributed by atoms with Crippen molar-refractivity contribution in [1.82, 2.24) is 9.13 Å². The van der Waals surface area contributed by atoms with E-state index in [2.05, 4.69) is 27.7 Å². The van der Waals surface area contributed by atoms with Gasteiger partial charge < -0.3 is 9.26 Å². The van der Waals surface area contributed by atoms with Crippen molar-refractivity contribution in [3.8, 4) is 5.75 Å². The summed E-state index contributed by atoms with van der Waals surface area (Å²) in [5.41, 5.74) is 1.56. The van der Waals surface area contributed by atoms with Crippen LogP contribution in [0.2, 0.25) is 0 Å². The van der Waals surface area contributed by atoms with Gasteiger partial charge in [-0.2, -0.15) is 0 Å². The van der Waals surface area contributed by atoms with Crippen molar-refractivity contribution in [2.24, 2.45) is 0 Å². The first-order valence-corrected chi connectivity index (χ1v) is 9.75. The van der Waals surface area contributed by atoms with Gasteiger partial charge >= 0.3 is 0 Å². The lowest BCUT2D eigenvalue weighted by Crippen LogP contribution is -2.20. The zero-order valence-electron chi connectivity index (χ0n) is 14.0. The predicted octanol–water partition coefficient (Wildman–Crippen LogP) is 4.12. The molecule has 3 rings (SSSR count). The van der Waals surface area contributed by atoms with Gasteiger partial charge in [0.25, 0.3) is 0 Å². The van der Waals surface area contributed by atoms with Crippen molar-refractivity contribution in [3.05, 3.63) is 58.5 Å². The van der Waals surface area contributed by atoms with E-state index in [4.69, 9.17) is 9.26 Å². The summed E-state index contributed by atoms with van der Waals surface area (Å²) in [6.07, 6.45) is 2.86. The van der Waals surface area contributed by atoms with E-state index in [0.29, 0.717) is 33.7 Å². The molecule has 0 bridgehead atoms. The van der Waals surface area contributed by atoms with Crippen LogP contribution in [0.3, 0.4) is 0 Å². The van der Waals surface area contributed by atoms with Crippen LogP contribution in [0.1, 0.15) is 22.3 Å². The van der Waals surface area contributed by atoms with E-state index >= 15 is 0 Å². The first-order chi connectivity index (χ1) is 11.8. The lowest BCUT2D eigenvalue weighted by molar-refractivity contribution is 0.392. The van der Waals surface area contributed by atoms with Gasteiger partial charge in [0.1, 0.15) is 16.8 Å². The summed E-state index contributed by atoms with van der Waals surface area (Å²) >= 11 is 3.40. The number of halogens is 1. The van der Waals surface area contributed by atoms with E-state index in [-0.39, 0.29) is 0 Å². The molecule has 0 saturated carbocycles. The monoisotopic (exact) mass is 424 g/mol. The van der Waals surface area contributed by atoms with E-state index in [1.165, 1.54) is 23.4 Å². The topological polar surface area (TPSA) is 74.3 Å². The minimum atomic E-state index is -3.84. The van der Waals surface area contributed by atoms with Crippen LogP contribution in [-0.2, 0) is 10.0 Å². The van der Waals surface area contributed by atoms with Crippen LogP contribution in [0.5, 0.6) is 5.75 Å². The number of ether oxygens (including phenoxy) is 1. The van der Waals surface area contributed by atoms with Crippen LogP contribution in [-0.4, -0.2) is 24.7 Å². The summed E-state index contributed by atoms with van der Waals surface area (Å²) in [6, 6.07) is 5.33. The van der Waals surface area contributed by atoms with Crippen molar-refractivity contribution in [2.75, 3.05) is 7.11 Å². The minimum absolute atomic E-state index is 0.456. The van der Waals surface area contributed by atoms with Crippen molar-refractivity contribution in [3.63, 3.8) is 0 Å². The fourth-order valence-corrected chi connectivity index (χ4v) is 5.08. The number of benzene rings is 1. The molecule has 0 fully saturated rings. The fraction of sp³-hybridized carbons (Fsp3) is 0.235. The van der Waals surface area contributed by atoms with E-state index < -0.39 is 15.3 Å². The van der Waals surface area contributed by atoms with Crippen molar-refractivity contribution < 1.29 is 17.7 Å². The van der Waals surface area contributed by atoms with Crippen LogP contribution in [0.4, 0.5) is 0 Å². The first kappa shape index (κ1) is 17.8. The Morgan fingerprint density at radius 2 is 2.12 bits per heavy atom. The Morgan fingerprint density at radius 3 is 2.68 bits per heavy atom. The highest BCUT2D eigenvalue weighted by Crippen LogP contribution is 2.36. The number of methoxy groups -OCH3 is 1. The summed E-state index contributed by atoms with van der Waals surface area (Å²) in [5.74, 6) is 0.929. The third-order valence-electron chi connectivity index (χ3n) is 4.10. The second-order valence-electron chi connectivity index (χ2n) is 5.59. The predicted molar refractivity (Wildman–Crippen MR) is 99.4 cm³/mol. The highest BCUT2D eigenvalue weighted by molar-refractivity contribution is 9.10. The number of hydrogen-bond acceptors (Lipinski definition) is 5. The maximum atomic E-state index is 13.3. The number of aryl methyl sites for hydroxylation is 2. The third-order valence-corrected chi connectivity index (χ3v) is 6.51. The second-order valence-corrected chi connectivity index (χ2v) is 8.44. The molecule has 0 aliphatic heterocycles. The van der Waals surface area contributed by atoms with Gasteiger partial charge in [0.05, 0.1) is 24.5 Å². The molecule has 0 saturated heterocycles. The van der Waals surface area contributed by atoms with E-state index in [0.717, 1.165) is 4.47 Å². The zero-order valence-corrected chi connectivity index (χ0v) is 16.4. The maximum absolute atomic E-state index is 13.3. The van der Waals surface area contributed by atoms with Crippen molar-refractivity contribution in [1.29, 1.82) is 0 Å². The average Bonchev–Trinajstić information content (AvgIpc) is 3.10. The van der Waals surface area contributed by atoms with E-state index in [1.807, 2.05) is 6.07 Å². The number of aromatic nitrogens is 2. The number of fused-ring (bicyclic) bond motifs is 1. The fourth-order valence-electron chi connectivity index (χ4n) is 2.92. The Kier molecular flexibility index (Phi) is 4.51. The molecule has 2 aromatic heterocycles. The number of nitrogens with zero attached hydrogens (tertiary/aromatic N) is 2. The first-order valence-electron chi connectivity index (χ1n) is 7.45. The van der Waals surface area contributed by atoms with E-state index in [1.54, 1.807) is 26.0 Å². The molecular formula is C17H17BrN2O4S. The molecule has 6 nitrogen and oxygen atoms in total.